The SMILES string of the molecule is CSn1n[n+](-c2ccccc2)c(C)c1-c1ccccc1.[I-]. The molecule has 0 fully saturated rings. The van der Waals surface area contributed by atoms with E-state index < -0.39 is 0 Å². The lowest BCUT2D eigenvalue weighted by Gasteiger charge is -1.97. The van der Waals surface area contributed by atoms with E-state index in [0.717, 1.165) is 17.1 Å². The first kappa shape index (κ1) is 16.0. The second-order valence-corrected chi connectivity index (χ2v) is 5.20. The third-order valence-corrected chi connectivity index (χ3v) is 3.84. The minimum absolute atomic E-state index is 0. The van der Waals surface area contributed by atoms with E-state index >= 15 is 0 Å². The molecule has 0 aliphatic heterocycles. The number of hydrogen-bond donors (Lipinski definition) is 0. The van der Waals surface area contributed by atoms with Gasteiger partial charge in [-0.2, -0.15) is 0 Å². The first-order chi connectivity index (χ1) is 9.81. The number of halogens is 1. The Hall–Kier alpha value is -1.34. The number of rotatable bonds is 3. The predicted octanol–water partition coefficient (Wildman–Crippen LogP) is 0.265. The highest BCUT2D eigenvalue weighted by molar-refractivity contribution is 7.97. The quantitative estimate of drug-likeness (QED) is 0.458. The number of hydrogen-bond acceptors (Lipinski definition) is 2. The van der Waals surface area contributed by atoms with Gasteiger partial charge in [-0.15, -0.1) is 0 Å². The van der Waals surface area contributed by atoms with Gasteiger partial charge in [-0.05, 0) is 12.1 Å². The fourth-order valence-electron chi connectivity index (χ4n) is 2.29. The van der Waals surface area contributed by atoms with Gasteiger partial charge in [0.1, 0.15) is 5.21 Å². The summed E-state index contributed by atoms with van der Waals surface area (Å²) >= 11 is 1.60. The van der Waals surface area contributed by atoms with Crippen LogP contribution >= 0.6 is 11.9 Å². The smallest absolute Gasteiger partial charge is 0.215 e. The van der Waals surface area contributed by atoms with Gasteiger partial charge >= 0.3 is 0 Å². The van der Waals surface area contributed by atoms with E-state index in [0.29, 0.717) is 0 Å². The Bertz CT molecular complexity index is 711. The summed E-state index contributed by atoms with van der Waals surface area (Å²) in [5, 5.41) is 4.67. The molecule has 0 amide bonds. The Labute approximate surface area is 146 Å². The van der Waals surface area contributed by atoms with E-state index in [-0.39, 0.29) is 24.0 Å². The summed E-state index contributed by atoms with van der Waals surface area (Å²) in [6, 6.07) is 20.6. The second kappa shape index (κ2) is 7.09. The van der Waals surface area contributed by atoms with Crippen LogP contribution in [0.4, 0.5) is 0 Å². The van der Waals surface area contributed by atoms with Gasteiger partial charge in [0.25, 0.3) is 0 Å². The molecule has 108 valence electrons. The normalized spacial score (nSPS) is 10.2. The molecule has 0 bridgehead atoms. The second-order valence-electron chi connectivity index (χ2n) is 4.49. The first-order valence-corrected chi connectivity index (χ1v) is 7.66. The molecule has 0 atom stereocenters. The van der Waals surface area contributed by atoms with Gasteiger partial charge in [0.15, 0.2) is 11.4 Å². The van der Waals surface area contributed by atoms with E-state index in [4.69, 9.17) is 0 Å². The Morgan fingerprint density at radius 1 is 0.952 bits per heavy atom. The van der Waals surface area contributed by atoms with Crippen molar-refractivity contribution in [3.8, 4) is 16.9 Å². The van der Waals surface area contributed by atoms with Crippen LogP contribution in [-0.2, 0) is 0 Å². The van der Waals surface area contributed by atoms with Crippen LogP contribution in [0.15, 0.2) is 60.7 Å². The summed E-state index contributed by atoms with van der Waals surface area (Å²) in [5.41, 5.74) is 4.54. The lowest BCUT2D eigenvalue weighted by molar-refractivity contribution is -0.666. The summed E-state index contributed by atoms with van der Waals surface area (Å²) in [4.78, 5) is 0. The molecule has 2 aromatic carbocycles. The first-order valence-electron chi connectivity index (χ1n) is 6.48. The minimum atomic E-state index is 0. The monoisotopic (exact) mass is 409 g/mol. The molecule has 3 aromatic rings. The summed E-state index contributed by atoms with van der Waals surface area (Å²) in [7, 11) is 0. The molecule has 0 aliphatic rings. The third kappa shape index (κ3) is 3.13. The molecule has 21 heavy (non-hydrogen) atoms. The van der Waals surface area contributed by atoms with Crippen LogP contribution < -0.4 is 28.7 Å². The van der Waals surface area contributed by atoms with Crippen molar-refractivity contribution in [2.45, 2.75) is 6.92 Å². The van der Waals surface area contributed by atoms with Crippen LogP contribution in [0.1, 0.15) is 5.69 Å². The zero-order valence-electron chi connectivity index (χ0n) is 11.9. The van der Waals surface area contributed by atoms with Crippen molar-refractivity contribution < 1.29 is 28.7 Å². The van der Waals surface area contributed by atoms with E-state index in [1.165, 1.54) is 5.56 Å². The van der Waals surface area contributed by atoms with E-state index in [2.05, 4.69) is 48.5 Å². The van der Waals surface area contributed by atoms with Gasteiger partial charge in [0.05, 0.1) is 11.9 Å². The van der Waals surface area contributed by atoms with Gasteiger partial charge < -0.3 is 24.0 Å². The Kier molecular flexibility index (Phi) is 5.41. The zero-order valence-corrected chi connectivity index (χ0v) is 14.9. The summed E-state index contributed by atoms with van der Waals surface area (Å²) < 4.78 is 3.95. The molecule has 0 unspecified atom stereocenters. The van der Waals surface area contributed by atoms with Crippen molar-refractivity contribution in [1.82, 2.24) is 9.30 Å². The van der Waals surface area contributed by atoms with E-state index in [9.17, 15) is 0 Å². The average molecular weight is 409 g/mol. The largest absolute Gasteiger partial charge is 1.00 e. The Balaban J connectivity index is 0.00000161. The van der Waals surface area contributed by atoms with Crippen LogP contribution in [0.5, 0.6) is 0 Å². The molecule has 1 heterocycles. The van der Waals surface area contributed by atoms with Crippen LogP contribution in [-0.4, -0.2) is 15.6 Å². The zero-order chi connectivity index (χ0) is 13.9. The standard InChI is InChI=1S/C16H16N3S.HI/c1-13-16(14-9-5-3-6-10-14)19(20-2)17-18(13)15-11-7-4-8-12-15;/h3-12H,1-2H3;1H/q+1;/p-1. The molecule has 0 saturated carbocycles. The predicted molar refractivity (Wildman–Crippen MR) is 82.8 cm³/mol. The number of nitrogens with zero attached hydrogens (tertiary/aromatic N) is 3. The van der Waals surface area contributed by atoms with Crippen molar-refractivity contribution >= 4 is 11.9 Å². The van der Waals surface area contributed by atoms with Crippen molar-refractivity contribution in [1.29, 1.82) is 0 Å². The molecule has 0 saturated heterocycles. The summed E-state index contributed by atoms with van der Waals surface area (Å²) in [6.45, 7) is 2.11. The molecule has 0 spiro atoms. The van der Waals surface area contributed by atoms with Crippen LogP contribution in [0.25, 0.3) is 16.9 Å². The maximum atomic E-state index is 4.67. The molecular weight excluding hydrogens is 393 g/mol. The molecule has 0 aliphatic carbocycles. The highest BCUT2D eigenvalue weighted by Crippen LogP contribution is 2.24. The number of para-hydroxylation sites is 1. The van der Waals surface area contributed by atoms with Crippen LogP contribution in [0.2, 0.25) is 0 Å². The molecule has 3 nitrogen and oxygen atoms in total. The minimum Gasteiger partial charge on any atom is -1.00 e. The van der Waals surface area contributed by atoms with Gasteiger partial charge in [-0.1, -0.05) is 57.3 Å². The topological polar surface area (TPSA) is 21.7 Å². The molecule has 0 radical (unpaired) electrons. The molecule has 0 N–H and O–H groups in total. The van der Waals surface area contributed by atoms with Crippen molar-refractivity contribution in [3.63, 3.8) is 0 Å². The number of benzene rings is 2. The maximum absolute atomic E-state index is 4.67. The summed E-state index contributed by atoms with van der Waals surface area (Å²) in [5.74, 6) is 0. The third-order valence-electron chi connectivity index (χ3n) is 3.24. The highest BCUT2D eigenvalue weighted by atomic mass is 127. The molecule has 5 heteroatoms. The van der Waals surface area contributed by atoms with Crippen LogP contribution in [0.3, 0.4) is 0 Å². The molecule has 1 aromatic heterocycles. The van der Waals surface area contributed by atoms with E-state index in [1.54, 1.807) is 11.9 Å². The number of aromatic nitrogens is 3. The molecular formula is C16H16IN3S. The Morgan fingerprint density at radius 3 is 2.10 bits per heavy atom. The fraction of sp³-hybridized carbons (Fsp3) is 0.125. The molecule has 3 rings (SSSR count). The Morgan fingerprint density at radius 2 is 1.52 bits per heavy atom. The van der Waals surface area contributed by atoms with Crippen molar-refractivity contribution in [2.75, 3.05) is 6.26 Å². The highest BCUT2D eigenvalue weighted by Gasteiger charge is 2.24. The van der Waals surface area contributed by atoms with Crippen molar-refractivity contribution in [2.24, 2.45) is 0 Å². The van der Waals surface area contributed by atoms with Crippen molar-refractivity contribution in [3.05, 3.63) is 66.4 Å². The van der Waals surface area contributed by atoms with Gasteiger partial charge in [-0.3, -0.25) is 0 Å². The average Bonchev–Trinajstić information content (AvgIpc) is 2.86. The van der Waals surface area contributed by atoms with E-state index in [1.807, 2.05) is 39.3 Å². The van der Waals surface area contributed by atoms with Gasteiger partial charge in [-0.25, -0.2) is 0 Å². The lowest BCUT2D eigenvalue weighted by Crippen LogP contribution is -3.00. The van der Waals surface area contributed by atoms with Gasteiger partial charge in [0, 0.05) is 18.7 Å². The maximum Gasteiger partial charge on any atom is 0.215 e. The fourth-order valence-corrected chi connectivity index (χ4v) is 2.86. The van der Waals surface area contributed by atoms with Crippen LogP contribution in [0, 0.1) is 6.92 Å². The summed E-state index contributed by atoms with van der Waals surface area (Å²) in [6.07, 6.45) is 2.04. The lowest BCUT2D eigenvalue weighted by atomic mass is 10.1. The van der Waals surface area contributed by atoms with Gasteiger partial charge in [0.2, 0.25) is 5.69 Å².